The summed E-state index contributed by atoms with van der Waals surface area (Å²) in [7, 11) is 3.07. The van der Waals surface area contributed by atoms with Crippen molar-refractivity contribution in [2.24, 2.45) is 0 Å². The number of methoxy groups -OCH3 is 2. The number of hydrogen-bond donors (Lipinski definition) is 0. The van der Waals surface area contributed by atoms with Crippen LogP contribution in [0.1, 0.15) is 36.7 Å². The van der Waals surface area contributed by atoms with Crippen LogP contribution >= 0.6 is 0 Å². The Balaban J connectivity index is 1.77. The largest absolute Gasteiger partial charge is 0.493 e. The van der Waals surface area contributed by atoms with Crippen LogP contribution in [0.5, 0.6) is 23.0 Å². The van der Waals surface area contributed by atoms with Gasteiger partial charge in [-0.25, -0.2) is 4.79 Å². The fourth-order valence-electron chi connectivity index (χ4n) is 2.94. The van der Waals surface area contributed by atoms with Gasteiger partial charge in [-0.15, -0.1) is 0 Å². The molecule has 1 aliphatic rings. The smallest absolute Gasteiger partial charge is 0.344 e. The lowest BCUT2D eigenvalue weighted by Crippen LogP contribution is -2.27. The summed E-state index contributed by atoms with van der Waals surface area (Å²) in [6, 6.07) is 10.1. The molecule has 0 amide bonds. The van der Waals surface area contributed by atoms with Gasteiger partial charge in [-0.1, -0.05) is 12.1 Å². The van der Waals surface area contributed by atoms with Gasteiger partial charge in [0.1, 0.15) is 17.1 Å². The van der Waals surface area contributed by atoms with E-state index in [0.717, 1.165) is 0 Å². The number of Topliss-reactive ketones (excluding diaryl/α,β-unsaturated/α-hetero) is 1. The first-order valence-electron chi connectivity index (χ1n) is 9.36. The van der Waals surface area contributed by atoms with Gasteiger partial charge in [-0.3, -0.25) is 4.79 Å². The Morgan fingerprint density at radius 3 is 2.53 bits per heavy atom. The van der Waals surface area contributed by atoms with E-state index in [-0.39, 0.29) is 18.1 Å². The van der Waals surface area contributed by atoms with Crippen LogP contribution in [0.15, 0.2) is 42.2 Å². The Labute approximate surface area is 175 Å². The van der Waals surface area contributed by atoms with Crippen LogP contribution in [-0.2, 0) is 9.53 Å². The Morgan fingerprint density at radius 1 is 1.10 bits per heavy atom. The van der Waals surface area contributed by atoms with Gasteiger partial charge >= 0.3 is 5.97 Å². The van der Waals surface area contributed by atoms with Crippen molar-refractivity contribution in [1.29, 1.82) is 0 Å². The Bertz CT molecular complexity index is 999. The standard InChI is InChI=1S/C23H24O7/c1-23(2,3)30-20(24)13-28-15-9-10-16-18(12-15)29-19(21(16)25)11-14-7-6-8-17(26-4)22(14)27-5/h6-12H,13H2,1-5H3. The molecule has 7 nitrogen and oxygen atoms in total. The van der Waals surface area contributed by atoms with E-state index in [1.807, 2.05) is 0 Å². The molecule has 30 heavy (non-hydrogen) atoms. The molecule has 0 radical (unpaired) electrons. The molecule has 3 rings (SSSR count). The Kier molecular flexibility index (Phi) is 6.01. The van der Waals surface area contributed by atoms with Gasteiger partial charge < -0.3 is 23.7 Å². The number of allylic oxidation sites excluding steroid dienone is 1. The maximum atomic E-state index is 12.7. The molecule has 0 N–H and O–H groups in total. The predicted octanol–water partition coefficient (Wildman–Crippen LogP) is 4.04. The van der Waals surface area contributed by atoms with E-state index >= 15 is 0 Å². The normalized spacial score (nSPS) is 14.2. The van der Waals surface area contributed by atoms with E-state index in [2.05, 4.69) is 0 Å². The van der Waals surface area contributed by atoms with Crippen LogP contribution in [0.2, 0.25) is 0 Å². The molecule has 158 valence electrons. The van der Waals surface area contributed by atoms with Crippen molar-refractivity contribution in [2.45, 2.75) is 26.4 Å². The molecule has 7 heteroatoms. The molecule has 0 saturated heterocycles. The minimum absolute atomic E-state index is 0.154. The molecule has 0 unspecified atom stereocenters. The molecule has 0 saturated carbocycles. The molecule has 2 aromatic rings. The number of hydrogen-bond acceptors (Lipinski definition) is 7. The summed E-state index contributed by atoms with van der Waals surface area (Å²) in [5.41, 5.74) is 0.469. The van der Waals surface area contributed by atoms with Gasteiger partial charge in [0.15, 0.2) is 23.9 Å². The lowest BCUT2D eigenvalue weighted by atomic mass is 10.1. The average Bonchev–Trinajstić information content (AvgIpc) is 2.99. The highest BCUT2D eigenvalue weighted by molar-refractivity contribution is 6.14. The van der Waals surface area contributed by atoms with Gasteiger partial charge in [-0.2, -0.15) is 0 Å². The number of benzene rings is 2. The summed E-state index contributed by atoms with van der Waals surface area (Å²) in [6.07, 6.45) is 1.60. The lowest BCUT2D eigenvalue weighted by Gasteiger charge is -2.19. The zero-order chi connectivity index (χ0) is 21.9. The molecule has 0 aromatic heterocycles. The third kappa shape index (κ3) is 4.74. The second-order valence-corrected chi connectivity index (χ2v) is 7.56. The number of ether oxygens (including phenoxy) is 5. The van der Waals surface area contributed by atoms with Gasteiger partial charge in [0, 0.05) is 11.6 Å². The first kappa shape index (κ1) is 21.2. The van der Waals surface area contributed by atoms with Crippen molar-refractivity contribution < 1.29 is 33.3 Å². The van der Waals surface area contributed by atoms with Crippen molar-refractivity contribution in [3.63, 3.8) is 0 Å². The van der Waals surface area contributed by atoms with E-state index in [0.29, 0.717) is 34.1 Å². The zero-order valence-corrected chi connectivity index (χ0v) is 17.6. The number of esters is 1. The summed E-state index contributed by atoms with van der Waals surface area (Å²) in [5, 5.41) is 0. The summed E-state index contributed by atoms with van der Waals surface area (Å²) in [4.78, 5) is 24.5. The number of carbonyl (C=O) groups excluding carboxylic acids is 2. The number of para-hydroxylation sites is 1. The van der Waals surface area contributed by atoms with E-state index in [9.17, 15) is 9.59 Å². The van der Waals surface area contributed by atoms with E-state index < -0.39 is 11.6 Å². The predicted molar refractivity (Wildman–Crippen MR) is 110 cm³/mol. The van der Waals surface area contributed by atoms with Crippen LogP contribution in [-0.4, -0.2) is 38.2 Å². The molecule has 0 spiro atoms. The topological polar surface area (TPSA) is 80.3 Å². The van der Waals surface area contributed by atoms with Crippen molar-refractivity contribution in [1.82, 2.24) is 0 Å². The number of carbonyl (C=O) groups is 2. The maximum absolute atomic E-state index is 12.7. The maximum Gasteiger partial charge on any atom is 0.344 e. The molecule has 0 aliphatic carbocycles. The Hall–Kier alpha value is -3.48. The highest BCUT2D eigenvalue weighted by Gasteiger charge is 2.28. The Morgan fingerprint density at radius 2 is 1.87 bits per heavy atom. The fourth-order valence-corrected chi connectivity index (χ4v) is 2.94. The molecule has 1 heterocycles. The van der Waals surface area contributed by atoms with Crippen LogP contribution in [0, 0.1) is 0 Å². The van der Waals surface area contributed by atoms with Gasteiger partial charge in [0.05, 0.1) is 19.8 Å². The van der Waals surface area contributed by atoms with E-state index in [1.54, 1.807) is 70.4 Å². The minimum Gasteiger partial charge on any atom is -0.493 e. The molecule has 1 aliphatic heterocycles. The van der Waals surface area contributed by atoms with Gasteiger partial charge in [-0.05, 0) is 45.0 Å². The third-order valence-electron chi connectivity index (χ3n) is 4.14. The molecular formula is C23H24O7. The summed E-state index contributed by atoms with van der Waals surface area (Å²) < 4.78 is 27.1. The first-order valence-corrected chi connectivity index (χ1v) is 9.36. The minimum atomic E-state index is -0.589. The second-order valence-electron chi connectivity index (χ2n) is 7.56. The van der Waals surface area contributed by atoms with E-state index in [1.165, 1.54) is 7.11 Å². The van der Waals surface area contributed by atoms with Gasteiger partial charge in [0.25, 0.3) is 0 Å². The van der Waals surface area contributed by atoms with Crippen molar-refractivity contribution in [2.75, 3.05) is 20.8 Å². The van der Waals surface area contributed by atoms with Crippen molar-refractivity contribution >= 4 is 17.8 Å². The van der Waals surface area contributed by atoms with Gasteiger partial charge in [0.2, 0.25) is 5.78 Å². The second kappa shape index (κ2) is 8.49. The summed E-state index contributed by atoms with van der Waals surface area (Å²) in [6.45, 7) is 5.11. The molecule has 0 fully saturated rings. The monoisotopic (exact) mass is 412 g/mol. The van der Waals surface area contributed by atoms with Crippen LogP contribution in [0.4, 0.5) is 0 Å². The van der Waals surface area contributed by atoms with Crippen molar-refractivity contribution in [3.05, 3.63) is 53.3 Å². The van der Waals surface area contributed by atoms with Crippen molar-refractivity contribution in [3.8, 4) is 23.0 Å². The van der Waals surface area contributed by atoms with Crippen LogP contribution in [0.3, 0.4) is 0 Å². The molecule has 2 aromatic carbocycles. The summed E-state index contributed by atoms with van der Waals surface area (Å²) in [5.74, 6) is 1.22. The number of ketones is 1. The molecular weight excluding hydrogens is 388 g/mol. The quantitative estimate of drug-likeness (QED) is 0.523. The molecule has 0 bridgehead atoms. The average molecular weight is 412 g/mol. The third-order valence-corrected chi connectivity index (χ3v) is 4.14. The van der Waals surface area contributed by atoms with E-state index in [4.69, 9.17) is 23.7 Å². The van der Waals surface area contributed by atoms with Crippen LogP contribution < -0.4 is 18.9 Å². The van der Waals surface area contributed by atoms with Crippen LogP contribution in [0.25, 0.3) is 6.08 Å². The SMILES string of the molecule is COc1cccc(C=C2Oc3cc(OCC(=O)OC(C)(C)C)ccc3C2=O)c1OC. The number of rotatable bonds is 6. The lowest BCUT2D eigenvalue weighted by molar-refractivity contribution is -0.157. The summed E-state index contributed by atoms with van der Waals surface area (Å²) >= 11 is 0. The zero-order valence-electron chi connectivity index (χ0n) is 17.6. The number of fused-ring (bicyclic) bond motifs is 1. The fraction of sp³-hybridized carbons (Fsp3) is 0.304. The highest BCUT2D eigenvalue weighted by atomic mass is 16.6. The first-order chi connectivity index (χ1) is 14.2. The highest BCUT2D eigenvalue weighted by Crippen LogP contribution is 2.37. The molecule has 0 atom stereocenters.